The second-order valence-corrected chi connectivity index (χ2v) is 4.68. The van der Waals surface area contributed by atoms with Crippen molar-refractivity contribution in [1.82, 2.24) is 4.98 Å². The third-order valence-corrected chi connectivity index (χ3v) is 3.21. The third kappa shape index (κ3) is 2.54. The molecule has 1 aliphatic carbocycles. The van der Waals surface area contributed by atoms with Crippen molar-refractivity contribution in [3.05, 3.63) is 23.6 Å². The van der Waals surface area contributed by atoms with E-state index in [-0.39, 0.29) is 5.56 Å². The molecule has 0 aromatic carbocycles. The monoisotopic (exact) mass is 238 g/mol. The van der Waals surface area contributed by atoms with E-state index >= 15 is 0 Å². The van der Waals surface area contributed by atoms with E-state index in [1.165, 1.54) is 0 Å². The van der Waals surface area contributed by atoms with Crippen molar-refractivity contribution in [2.75, 3.05) is 18.5 Å². The summed E-state index contributed by atoms with van der Waals surface area (Å²) >= 11 is 0. The van der Waals surface area contributed by atoms with Crippen molar-refractivity contribution < 1.29 is 14.3 Å². The Labute approximate surface area is 99.1 Å². The highest BCUT2D eigenvalue weighted by Gasteiger charge is 2.34. The molecule has 5 heteroatoms. The van der Waals surface area contributed by atoms with Crippen LogP contribution in [0.1, 0.15) is 23.7 Å². The SMILES string of the molecule is CC1CC1CN(C)c1ncc(F)cc1C(=O)O. The number of aromatic carboxylic acids is 1. The van der Waals surface area contributed by atoms with Gasteiger partial charge in [-0.15, -0.1) is 0 Å². The van der Waals surface area contributed by atoms with Crippen LogP contribution in [0.2, 0.25) is 0 Å². The molecule has 1 saturated carbocycles. The lowest BCUT2D eigenvalue weighted by Crippen LogP contribution is -2.24. The lowest BCUT2D eigenvalue weighted by atomic mass is 10.2. The summed E-state index contributed by atoms with van der Waals surface area (Å²) < 4.78 is 13.0. The molecule has 92 valence electrons. The molecule has 0 spiro atoms. The maximum Gasteiger partial charge on any atom is 0.339 e. The highest BCUT2D eigenvalue weighted by atomic mass is 19.1. The lowest BCUT2D eigenvalue weighted by Gasteiger charge is -2.19. The molecule has 0 saturated heterocycles. The van der Waals surface area contributed by atoms with Crippen molar-refractivity contribution >= 4 is 11.8 Å². The fourth-order valence-corrected chi connectivity index (χ4v) is 1.99. The molecule has 1 heterocycles. The minimum Gasteiger partial charge on any atom is -0.478 e. The summed E-state index contributed by atoms with van der Waals surface area (Å²) in [5.74, 6) is -0.167. The topological polar surface area (TPSA) is 53.4 Å². The maximum absolute atomic E-state index is 13.0. The van der Waals surface area contributed by atoms with Crippen molar-refractivity contribution in [1.29, 1.82) is 0 Å². The summed E-state index contributed by atoms with van der Waals surface area (Å²) in [6.07, 6.45) is 2.21. The van der Waals surface area contributed by atoms with Crippen molar-refractivity contribution in [3.63, 3.8) is 0 Å². The Morgan fingerprint density at radius 3 is 2.88 bits per heavy atom. The van der Waals surface area contributed by atoms with Gasteiger partial charge in [0.25, 0.3) is 0 Å². The first-order chi connectivity index (χ1) is 7.99. The highest BCUT2D eigenvalue weighted by molar-refractivity contribution is 5.93. The molecule has 2 atom stereocenters. The number of anilines is 1. The quantitative estimate of drug-likeness (QED) is 0.871. The van der Waals surface area contributed by atoms with Crippen LogP contribution in [0, 0.1) is 17.7 Å². The molecule has 2 unspecified atom stereocenters. The van der Waals surface area contributed by atoms with Crippen LogP contribution in [0.5, 0.6) is 0 Å². The predicted molar refractivity (Wildman–Crippen MR) is 61.7 cm³/mol. The Balaban J connectivity index is 2.21. The van der Waals surface area contributed by atoms with E-state index < -0.39 is 11.8 Å². The first-order valence-electron chi connectivity index (χ1n) is 5.59. The van der Waals surface area contributed by atoms with Crippen LogP contribution in [0.4, 0.5) is 10.2 Å². The standard InChI is InChI=1S/C12H15FN2O2/c1-7-3-8(7)6-15(2)11-10(12(16)17)4-9(13)5-14-11/h4-5,7-8H,3,6H2,1-2H3,(H,16,17). The van der Waals surface area contributed by atoms with E-state index in [1.54, 1.807) is 11.9 Å². The van der Waals surface area contributed by atoms with Gasteiger partial charge >= 0.3 is 5.97 Å². The molecule has 1 aromatic heterocycles. The summed E-state index contributed by atoms with van der Waals surface area (Å²) in [5, 5.41) is 9.01. The highest BCUT2D eigenvalue weighted by Crippen LogP contribution is 2.38. The fraction of sp³-hybridized carbons (Fsp3) is 0.500. The van der Waals surface area contributed by atoms with Gasteiger partial charge in [-0.1, -0.05) is 6.92 Å². The van der Waals surface area contributed by atoms with Gasteiger partial charge in [0.15, 0.2) is 0 Å². The largest absolute Gasteiger partial charge is 0.478 e. The number of hydrogen-bond donors (Lipinski definition) is 1. The van der Waals surface area contributed by atoms with Gasteiger partial charge in [0.2, 0.25) is 0 Å². The number of pyridine rings is 1. The molecule has 4 nitrogen and oxygen atoms in total. The fourth-order valence-electron chi connectivity index (χ4n) is 1.99. The van der Waals surface area contributed by atoms with E-state index in [4.69, 9.17) is 5.11 Å². The van der Waals surface area contributed by atoms with Crippen LogP contribution in [-0.4, -0.2) is 29.7 Å². The van der Waals surface area contributed by atoms with E-state index in [0.717, 1.165) is 25.2 Å². The van der Waals surface area contributed by atoms with Gasteiger partial charge in [0.1, 0.15) is 17.2 Å². The van der Waals surface area contributed by atoms with Crippen molar-refractivity contribution in [2.45, 2.75) is 13.3 Å². The molecule has 1 fully saturated rings. The van der Waals surface area contributed by atoms with Crippen LogP contribution < -0.4 is 4.90 Å². The number of carboxylic acid groups (broad SMARTS) is 1. The van der Waals surface area contributed by atoms with Crippen molar-refractivity contribution in [3.8, 4) is 0 Å². The number of nitrogens with zero attached hydrogens (tertiary/aromatic N) is 2. The third-order valence-electron chi connectivity index (χ3n) is 3.21. The molecular formula is C12H15FN2O2. The summed E-state index contributed by atoms with van der Waals surface area (Å²) in [7, 11) is 1.79. The minimum atomic E-state index is -1.15. The molecule has 0 amide bonds. The second kappa shape index (κ2) is 4.31. The number of rotatable bonds is 4. The Bertz CT molecular complexity index is 450. The second-order valence-electron chi connectivity index (χ2n) is 4.68. The molecular weight excluding hydrogens is 223 g/mol. The Kier molecular flexibility index (Phi) is 3.00. The van der Waals surface area contributed by atoms with Crippen LogP contribution in [0.3, 0.4) is 0 Å². The Morgan fingerprint density at radius 2 is 2.35 bits per heavy atom. The molecule has 17 heavy (non-hydrogen) atoms. The summed E-state index contributed by atoms with van der Waals surface area (Å²) in [4.78, 5) is 16.7. The Morgan fingerprint density at radius 1 is 1.71 bits per heavy atom. The number of carbonyl (C=O) groups is 1. The normalized spacial score (nSPS) is 22.3. The van der Waals surface area contributed by atoms with Gasteiger partial charge in [0, 0.05) is 13.6 Å². The van der Waals surface area contributed by atoms with E-state index in [1.807, 2.05) is 0 Å². The maximum atomic E-state index is 13.0. The Hall–Kier alpha value is -1.65. The molecule has 1 aromatic rings. The lowest BCUT2D eigenvalue weighted by molar-refractivity contribution is 0.0696. The van der Waals surface area contributed by atoms with Crippen LogP contribution >= 0.6 is 0 Å². The first-order valence-corrected chi connectivity index (χ1v) is 5.59. The molecule has 2 rings (SSSR count). The van der Waals surface area contributed by atoms with Gasteiger partial charge < -0.3 is 10.0 Å². The van der Waals surface area contributed by atoms with Gasteiger partial charge in [-0.3, -0.25) is 0 Å². The van der Waals surface area contributed by atoms with E-state index in [0.29, 0.717) is 17.7 Å². The van der Waals surface area contributed by atoms with Crippen molar-refractivity contribution in [2.24, 2.45) is 11.8 Å². The molecule has 1 N–H and O–H groups in total. The van der Waals surface area contributed by atoms with Gasteiger partial charge in [-0.2, -0.15) is 0 Å². The summed E-state index contributed by atoms with van der Waals surface area (Å²) in [6, 6.07) is 1.01. The van der Waals surface area contributed by atoms with Gasteiger partial charge in [-0.25, -0.2) is 14.2 Å². The molecule has 0 bridgehead atoms. The zero-order valence-corrected chi connectivity index (χ0v) is 9.85. The zero-order chi connectivity index (χ0) is 12.6. The number of halogens is 1. The minimum absolute atomic E-state index is 0.0826. The van der Waals surface area contributed by atoms with Crippen LogP contribution in [0.25, 0.3) is 0 Å². The summed E-state index contributed by atoms with van der Waals surface area (Å²) in [5.41, 5.74) is -0.0826. The molecule has 0 aliphatic heterocycles. The van der Waals surface area contributed by atoms with E-state index in [2.05, 4.69) is 11.9 Å². The average Bonchev–Trinajstić information content (AvgIpc) is 2.93. The van der Waals surface area contributed by atoms with E-state index in [9.17, 15) is 9.18 Å². The van der Waals surface area contributed by atoms with Crippen LogP contribution in [-0.2, 0) is 0 Å². The number of aromatic nitrogens is 1. The predicted octanol–water partition coefficient (Wildman–Crippen LogP) is 2.01. The van der Waals surface area contributed by atoms with Gasteiger partial charge in [-0.05, 0) is 24.3 Å². The van der Waals surface area contributed by atoms with Gasteiger partial charge in [0.05, 0.1) is 6.20 Å². The molecule has 0 radical (unpaired) electrons. The van der Waals surface area contributed by atoms with Crippen LogP contribution in [0.15, 0.2) is 12.3 Å². The zero-order valence-electron chi connectivity index (χ0n) is 9.85. The number of carboxylic acids is 1. The smallest absolute Gasteiger partial charge is 0.339 e. The number of hydrogen-bond acceptors (Lipinski definition) is 3. The first kappa shape index (κ1) is 11.8. The summed E-state index contributed by atoms with van der Waals surface area (Å²) in [6.45, 7) is 2.93. The molecule has 1 aliphatic rings. The average molecular weight is 238 g/mol.